The molecule has 0 aromatic carbocycles. The molecule has 0 aliphatic carbocycles. The van der Waals surface area contributed by atoms with Gasteiger partial charge in [-0.3, -0.25) is 9.59 Å². The lowest BCUT2D eigenvalue weighted by molar-refractivity contribution is -0.163. The van der Waals surface area contributed by atoms with Gasteiger partial charge in [0, 0.05) is 19.4 Å². The van der Waals surface area contributed by atoms with E-state index in [2.05, 4.69) is 154 Å². The van der Waals surface area contributed by atoms with Crippen molar-refractivity contribution in [2.75, 3.05) is 19.8 Å². The quantitative estimate of drug-likeness (QED) is 0.0345. The van der Waals surface area contributed by atoms with E-state index in [-0.39, 0.29) is 25.2 Å². The van der Waals surface area contributed by atoms with Crippen LogP contribution in [0.3, 0.4) is 0 Å². The van der Waals surface area contributed by atoms with E-state index in [0.29, 0.717) is 19.4 Å². The summed E-state index contributed by atoms with van der Waals surface area (Å²) in [5.41, 5.74) is 0. The van der Waals surface area contributed by atoms with Crippen LogP contribution in [0.2, 0.25) is 0 Å². The van der Waals surface area contributed by atoms with Crippen molar-refractivity contribution in [1.82, 2.24) is 0 Å². The van der Waals surface area contributed by atoms with Crippen molar-refractivity contribution in [2.24, 2.45) is 0 Å². The van der Waals surface area contributed by atoms with Gasteiger partial charge in [0.15, 0.2) is 6.10 Å². The number of carbonyl (C=O) groups excluding carboxylic acids is 2. The first-order valence-electron chi connectivity index (χ1n) is 28.7. The molecule has 5 nitrogen and oxygen atoms in total. The van der Waals surface area contributed by atoms with Gasteiger partial charge in [-0.2, -0.15) is 0 Å². The smallest absolute Gasteiger partial charge is 0.306 e. The number of rotatable bonds is 51. The van der Waals surface area contributed by atoms with Crippen LogP contribution in [0, 0.1) is 0 Å². The maximum absolute atomic E-state index is 12.9. The minimum atomic E-state index is -0.580. The Morgan fingerprint density at radius 1 is 0.329 bits per heavy atom. The van der Waals surface area contributed by atoms with E-state index in [1.807, 2.05) is 0 Å². The van der Waals surface area contributed by atoms with Gasteiger partial charge in [-0.25, -0.2) is 0 Å². The van der Waals surface area contributed by atoms with Crippen molar-refractivity contribution in [3.63, 3.8) is 0 Å². The molecule has 396 valence electrons. The van der Waals surface area contributed by atoms with Gasteiger partial charge in [0.1, 0.15) is 6.61 Å². The Bertz CT molecular complexity index is 1470. The highest BCUT2D eigenvalue weighted by molar-refractivity contribution is 5.70. The van der Waals surface area contributed by atoms with E-state index in [4.69, 9.17) is 14.2 Å². The van der Waals surface area contributed by atoms with Crippen LogP contribution in [0.15, 0.2) is 134 Å². The van der Waals surface area contributed by atoms with Crippen LogP contribution in [0.1, 0.15) is 239 Å². The Balaban J connectivity index is 4.43. The van der Waals surface area contributed by atoms with Gasteiger partial charge in [-0.15, -0.1) is 0 Å². The highest BCUT2D eigenvalue weighted by Crippen LogP contribution is 2.13. The summed E-state index contributed by atoms with van der Waals surface area (Å²) in [4.78, 5) is 25.5. The van der Waals surface area contributed by atoms with E-state index < -0.39 is 6.10 Å². The SMILES string of the molecule is CC/C=C\C/C=C\C/C=C\C/C=C\C/C=C\CCCC(=O)OCC(COCCCCCCCCC/C=C\C/C=C\C/C=C\C/C=C\CC)OC(=O)CCCCCCCCC/C=C\C/C=C\CCCCC. The molecular weight excluding hydrogens is 861 g/mol. The average molecular weight is 968 g/mol. The lowest BCUT2D eigenvalue weighted by atomic mass is 10.1. The van der Waals surface area contributed by atoms with Gasteiger partial charge >= 0.3 is 11.9 Å². The number of esters is 2. The van der Waals surface area contributed by atoms with E-state index in [9.17, 15) is 9.59 Å². The lowest BCUT2D eigenvalue weighted by Gasteiger charge is -2.18. The monoisotopic (exact) mass is 967 g/mol. The summed E-state index contributed by atoms with van der Waals surface area (Å²) in [6.45, 7) is 7.48. The molecule has 0 aromatic rings. The second-order valence-corrected chi connectivity index (χ2v) is 18.4. The Labute approximate surface area is 432 Å². The molecule has 0 aliphatic rings. The molecule has 0 spiro atoms. The third kappa shape index (κ3) is 56.6. The second kappa shape index (κ2) is 59.3. The van der Waals surface area contributed by atoms with E-state index in [0.717, 1.165) is 122 Å². The van der Waals surface area contributed by atoms with Crippen LogP contribution in [-0.4, -0.2) is 37.9 Å². The summed E-state index contributed by atoms with van der Waals surface area (Å²) in [6, 6.07) is 0. The number of allylic oxidation sites excluding steroid dienone is 22. The van der Waals surface area contributed by atoms with E-state index in [1.54, 1.807) is 0 Å². The van der Waals surface area contributed by atoms with Gasteiger partial charge in [-0.1, -0.05) is 231 Å². The molecule has 1 unspecified atom stereocenters. The summed E-state index contributed by atoms with van der Waals surface area (Å²) >= 11 is 0. The number of unbranched alkanes of at least 4 members (excludes halogenated alkanes) is 18. The highest BCUT2D eigenvalue weighted by atomic mass is 16.6. The van der Waals surface area contributed by atoms with Crippen LogP contribution in [0.4, 0.5) is 0 Å². The summed E-state index contributed by atoms with van der Waals surface area (Å²) in [7, 11) is 0. The predicted molar refractivity (Wildman–Crippen MR) is 306 cm³/mol. The van der Waals surface area contributed by atoms with Crippen molar-refractivity contribution < 1.29 is 23.8 Å². The summed E-state index contributed by atoms with van der Waals surface area (Å²) in [6.07, 6.45) is 84.7. The molecule has 70 heavy (non-hydrogen) atoms. The largest absolute Gasteiger partial charge is 0.462 e. The van der Waals surface area contributed by atoms with Crippen LogP contribution in [0.25, 0.3) is 0 Å². The van der Waals surface area contributed by atoms with Crippen molar-refractivity contribution in [3.8, 4) is 0 Å². The maximum Gasteiger partial charge on any atom is 0.306 e. The molecule has 0 radical (unpaired) electrons. The zero-order valence-corrected chi connectivity index (χ0v) is 45.5. The fraction of sp³-hybridized carbons (Fsp3) is 0.631. The predicted octanol–water partition coefficient (Wildman–Crippen LogP) is 19.9. The summed E-state index contributed by atoms with van der Waals surface area (Å²) < 4.78 is 17.4. The molecule has 0 fully saturated rings. The first-order chi connectivity index (χ1) is 34.6. The molecule has 0 aromatic heterocycles. The Morgan fingerprint density at radius 3 is 1.07 bits per heavy atom. The third-order valence-corrected chi connectivity index (χ3v) is 11.7. The maximum atomic E-state index is 12.9. The van der Waals surface area contributed by atoms with Gasteiger partial charge in [0.05, 0.1) is 6.61 Å². The first-order valence-corrected chi connectivity index (χ1v) is 28.7. The fourth-order valence-corrected chi connectivity index (χ4v) is 7.45. The molecule has 0 saturated heterocycles. The Hall–Kier alpha value is -3.96. The van der Waals surface area contributed by atoms with Gasteiger partial charge in [-0.05, 0) is 128 Å². The zero-order chi connectivity index (χ0) is 50.6. The van der Waals surface area contributed by atoms with Crippen molar-refractivity contribution in [3.05, 3.63) is 134 Å². The molecule has 0 N–H and O–H groups in total. The summed E-state index contributed by atoms with van der Waals surface area (Å²) in [5, 5.41) is 0. The average Bonchev–Trinajstić information content (AvgIpc) is 3.36. The molecule has 0 aliphatic heterocycles. The Morgan fingerprint density at radius 2 is 0.657 bits per heavy atom. The molecular formula is C65H106O5. The molecule has 0 amide bonds. The highest BCUT2D eigenvalue weighted by Gasteiger charge is 2.17. The van der Waals surface area contributed by atoms with Gasteiger partial charge in [0.25, 0.3) is 0 Å². The third-order valence-electron chi connectivity index (χ3n) is 11.7. The van der Waals surface area contributed by atoms with Crippen molar-refractivity contribution in [1.29, 1.82) is 0 Å². The lowest BCUT2D eigenvalue weighted by Crippen LogP contribution is -2.30. The van der Waals surface area contributed by atoms with Gasteiger partial charge in [0.2, 0.25) is 0 Å². The van der Waals surface area contributed by atoms with Crippen LogP contribution in [-0.2, 0) is 23.8 Å². The van der Waals surface area contributed by atoms with E-state index in [1.165, 1.54) is 83.5 Å². The number of hydrogen-bond acceptors (Lipinski definition) is 5. The van der Waals surface area contributed by atoms with Crippen molar-refractivity contribution in [2.45, 2.75) is 245 Å². The number of ether oxygens (including phenoxy) is 3. The summed E-state index contributed by atoms with van der Waals surface area (Å²) in [5.74, 6) is -0.485. The van der Waals surface area contributed by atoms with Crippen LogP contribution in [0.5, 0.6) is 0 Å². The van der Waals surface area contributed by atoms with E-state index >= 15 is 0 Å². The molecule has 0 bridgehead atoms. The fourth-order valence-electron chi connectivity index (χ4n) is 7.45. The number of hydrogen-bond donors (Lipinski definition) is 0. The topological polar surface area (TPSA) is 61.8 Å². The Kier molecular flexibility index (Phi) is 56.0. The van der Waals surface area contributed by atoms with Crippen LogP contribution < -0.4 is 0 Å². The molecule has 1 atom stereocenters. The number of carbonyl (C=O) groups is 2. The molecule has 0 heterocycles. The normalized spacial score (nSPS) is 13.2. The first kappa shape index (κ1) is 66.0. The van der Waals surface area contributed by atoms with Gasteiger partial charge < -0.3 is 14.2 Å². The second-order valence-electron chi connectivity index (χ2n) is 18.4. The molecule has 5 heteroatoms. The minimum absolute atomic E-state index is 0.0398. The van der Waals surface area contributed by atoms with Crippen LogP contribution >= 0.6 is 0 Å². The van der Waals surface area contributed by atoms with Crippen molar-refractivity contribution >= 4 is 11.9 Å². The minimum Gasteiger partial charge on any atom is -0.462 e. The molecule has 0 rings (SSSR count). The zero-order valence-electron chi connectivity index (χ0n) is 45.5. The standard InChI is InChI=1S/C65H106O5/c1-4-7-10-13-16-19-22-25-28-31-32-33-36-39-42-45-48-51-54-57-60-68-61-63(70-65(67)59-56-53-50-47-44-41-38-35-30-27-24-21-18-15-12-9-6-3)62-69-64(66)58-55-52-49-46-43-40-37-34-29-26-23-20-17-14-11-8-5-2/h7-8,10-11,16-21,25-30,32-33,37,40,46,49,63H,4-6,9,12-15,22-24,31,34-36,38-39,41-45,47-48,50-62H2,1-3H3/b10-7-,11-8-,19-16-,20-17-,21-18-,28-25-,29-26-,30-27-,33-32-,40-37-,49-46-. The molecule has 0 saturated carbocycles.